The Bertz CT molecular complexity index is 265. The third-order valence-electron chi connectivity index (χ3n) is 1.22. The van der Waals surface area contributed by atoms with Crippen molar-refractivity contribution in [2.45, 2.75) is 19.9 Å². The lowest BCUT2D eigenvalue weighted by Crippen LogP contribution is -2.13. The molecule has 0 aromatic carbocycles. The van der Waals surface area contributed by atoms with Gasteiger partial charge in [0.1, 0.15) is 0 Å². The minimum Gasteiger partial charge on any atom is -0.364 e. The molecule has 1 aromatic rings. The summed E-state index contributed by atoms with van der Waals surface area (Å²) in [5.74, 6) is -0.545. The van der Waals surface area contributed by atoms with E-state index in [9.17, 15) is 4.79 Å². The fraction of sp³-hybridized carbons (Fsp3) is 0.500. The Morgan fingerprint density at radius 2 is 2.36 bits per heavy atom. The van der Waals surface area contributed by atoms with Gasteiger partial charge in [-0.05, 0) is 13.8 Å². The Morgan fingerprint density at radius 1 is 1.73 bits per heavy atom. The van der Waals surface area contributed by atoms with Crippen LogP contribution in [-0.2, 0) is 0 Å². The minimum atomic E-state index is -0.545. The molecule has 1 aromatic heterocycles. The molecule has 0 spiro atoms. The summed E-state index contributed by atoms with van der Waals surface area (Å²) >= 11 is 0. The quantitative estimate of drug-likeness (QED) is 0.649. The molecule has 0 unspecified atom stereocenters. The predicted molar refractivity (Wildman–Crippen MR) is 38.9 cm³/mol. The number of carbonyl (C=O) groups excluding carboxylic acids is 1. The molecule has 0 fully saturated rings. The molecule has 0 bridgehead atoms. The third kappa shape index (κ3) is 1.54. The van der Waals surface area contributed by atoms with E-state index in [1.54, 1.807) is 0 Å². The first kappa shape index (κ1) is 7.71. The molecular formula is C6H10N4O. The molecule has 0 radical (unpaired) electrons. The zero-order chi connectivity index (χ0) is 8.43. The van der Waals surface area contributed by atoms with E-state index in [2.05, 4.69) is 10.2 Å². The number of amides is 1. The van der Waals surface area contributed by atoms with Gasteiger partial charge in [0.25, 0.3) is 5.91 Å². The number of hydrogen-bond donors (Lipinski definition) is 1. The first-order valence-corrected chi connectivity index (χ1v) is 3.33. The summed E-state index contributed by atoms with van der Waals surface area (Å²) in [7, 11) is 0. The number of nitrogens with zero attached hydrogens (tertiary/aromatic N) is 3. The van der Waals surface area contributed by atoms with Crippen molar-refractivity contribution in [3.8, 4) is 0 Å². The van der Waals surface area contributed by atoms with Crippen molar-refractivity contribution in [2.24, 2.45) is 5.73 Å². The van der Waals surface area contributed by atoms with Gasteiger partial charge in [0.15, 0.2) is 5.69 Å². The highest BCUT2D eigenvalue weighted by Gasteiger charge is 2.06. The van der Waals surface area contributed by atoms with Gasteiger partial charge in [-0.2, -0.15) is 9.90 Å². The van der Waals surface area contributed by atoms with Crippen LogP contribution in [0.25, 0.3) is 0 Å². The van der Waals surface area contributed by atoms with Gasteiger partial charge >= 0.3 is 0 Å². The maximum atomic E-state index is 10.5. The first-order chi connectivity index (χ1) is 5.11. The normalized spacial score (nSPS) is 10.5. The van der Waals surface area contributed by atoms with Gasteiger partial charge < -0.3 is 5.73 Å². The van der Waals surface area contributed by atoms with Gasteiger partial charge in [0.05, 0.1) is 12.2 Å². The van der Waals surface area contributed by atoms with Crippen LogP contribution < -0.4 is 5.73 Å². The monoisotopic (exact) mass is 154 g/mol. The summed E-state index contributed by atoms with van der Waals surface area (Å²) in [5, 5.41) is 7.68. The molecule has 2 N–H and O–H groups in total. The van der Waals surface area contributed by atoms with Crippen LogP contribution in [0.3, 0.4) is 0 Å². The summed E-state index contributed by atoms with van der Waals surface area (Å²) in [6.45, 7) is 3.84. The molecule has 0 aliphatic rings. The Morgan fingerprint density at radius 3 is 2.64 bits per heavy atom. The summed E-state index contributed by atoms with van der Waals surface area (Å²) in [5.41, 5.74) is 5.18. The van der Waals surface area contributed by atoms with Crippen molar-refractivity contribution < 1.29 is 4.79 Å². The second-order valence-electron chi connectivity index (χ2n) is 2.51. The maximum Gasteiger partial charge on any atom is 0.270 e. The topological polar surface area (TPSA) is 73.8 Å². The number of rotatable bonds is 2. The lowest BCUT2D eigenvalue weighted by Gasteiger charge is -2.00. The van der Waals surface area contributed by atoms with Crippen molar-refractivity contribution in [3.63, 3.8) is 0 Å². The number of hydrogen-bond acceptors (Lipinski definition) is 3. The molecule has 0 atom stereocenters. The minimum absolute atomic E-state index is 0.156. The van der Waals surface area contributed by atoms with Crippen LogP contribution in [0, 0.1) is 0 Å². The van der Waals surface area contributed by atoms with E-state index in [0.717, 1.165) is 0 Å². The molecule has 1 heterocycles. The number of primary amides is 1. The Kier molecular flexibility index (Phi) is 1.89. The first-order valence-electron chi connectivity index (χ1n) is 3.33. The van der Waals surface area contributed by atoms with Gasteiger partial charge in [-0.3, -0.25) is 4.79 Å². The number of aromatic nitrogens is 3. The smallest absolute Gasteiger partial charge is 0.270 e. The molecule has 0 aliphatic carbocycles. The zero-order valence-corrected chi connectivity index (χ0v) is 6.48. The van der Waals surface area contributed by atoms with Crippen molar-refractivity contribution >= 4 is 5.91 Å². The van der Waals surface area contributed by atoms with Crippen LogP contribution in [0.15, 0.2) is 6.20 Å². The van der Waals surface area contributed by atoms with Crippen LogP contribution in [-0.4, -0.2) is 20.9 Å². The summed E-state index contributed by atoms with van der Waals surface area (Å²) in [6.07, 6.45) is 1.36. The van der Waals surface area contributed by atoms with Gasteiger partial charge in [-0.1, -0.05) is 0 Å². The van der Waals surface area contributed by atoms with Crippen LogP contribution in [0.4, 0.5) is 0 Å². The van der Waals surface area contributed by atoms with Gasteiger partial charge in [0, 0.05) is 0 Å². The molecule has 0 saturated heterocycles. The van der Waals surface area contributed by atoms with E-state index in [4.69, 9.17) is 5.73 Å². The summed E-state index contributed by atoms with van der Waals surface area (Å²) in [4.78, 5) is 12.0. The van der Waals surface area contributed by atoms with Crippen LogP contribution in [0.5, 0.6) is 0 Å². The second kappa shape index (κ2) is 2.69. The van der Waals surface area contributed by atoms with Gasteiger partial charge in [0.2, 0.25) is 0 Å². The molecular weight excluding hydrogens is 144 g/mol. The second-order valence-corrected chi connectivity index (χ2v) is 2.51. The average molecular weight is 154 g/mol. The zero-order valence-electron chi connectivity index (χ0n) is 6.48. The molecule has 60 valence electrons. The summed E-state index contributed by atoms with van der Waals surface area (Å²) < 4.78 is 0. The van der Waals surface area contributed by atoms with Crippen LogP contribution in [0.1, 0.15) is 30.4 Å². The van der Waals surface area contributed by atoms with E-state index in [0.29, 0.717) is 0 Å². The van der Waals surface area contributed by atoms with Crippen molar-refractivity contribution in [2.75, 3.05) is 0 Å². The van der Waals surface area contributed by atoms with E-state index in [1.807, 2.05) is 13.8 Å². The highest BCUT2D eigenvalue weighted by molar-refractivity contribution is 5.90. The predicted octanol–water partition coefficient (Wildman–Crippen LogP) is -0.0421. The lowest BCUT2D eigenvalue weighted by atomic mass is 10.4. The van der Waals surface area contributed by atoms with Gasteiger partial charge in [-0.15, -0.1) is 5.10 Å². The Hall–Kier alpha value is -1.39. The van der Waals surface area contributed by atoms with Crippen molar-refractivity contribution in [1.82, 2.24) is 15.0 Å². The highest BCUT2D eigenvalue weighted by Crippen LogP contribution is 1.99. The van der Waals surface area contributed by atoms with Crippen LogP contribution in [0.2, 0.25) is 0 Å². The standard InChI is InChI=1S/C6H10N4O/c1-4(2)10-8-3-5(9-10)6(7)11/h3-4H,1-2H3,(H2,7,11). The summed E-state index contributed by atoms with van der Waals surface area (Å²) in [6, 6.07) is 0.156. The fourth-order valence-corrected chi connectivity index (χ4v) is 0.638. The Labute approximate surface area is 64.2 Å². The molecule has 1 rings (SSSR count). The molecule has 5 nitrogen and oxygen atoms in total. The van der Waals surface area contributed by atoms with Crippen molar-refractivity contribution in [3.05, 3.63) is 11.9 Å². The average Bonchev–Trinajstić information content (AvgIpc) is 2.33. The lowest BCUT2D eigenvalue weighted by molar-refractivity contribution is 0.0994. The molecule has 11 heavy (non-hydrogen) atoms. The fourth-order valence-electron chi connectivity index (χ4n) is 0.638. The molecule has 0 aliphatic heterocycles. The van der Waals surface area contributed by atoms with E-state index < -0.39 is 5.91 Å². The van der Waals surface area contributed by atoms with E-state index in [1.165, 1.54) is 11.0 Å². The molecule has 0 saturated carbocycles. The Balaban J connectivity index is 2.90. The molecule has 5 heteroatoms. The van der Waals surface area contributed by atoms with Crippen LogP contribution >= 0.6 is 0 Å². The molecule has 1 amide bonds. The van der Waals surface area contributed by atoms with Crippen molar-refractivity contribution in [1.29, 1.82) is 0 Å². The van der Waals surface area contributed by atoms with Gasteiger partial charge in [-0.25, -0.2) is 0 Å². The SMILES string of the molecule is CC(C)n1ncc(C(N)=O)n1. The maximum absolute atomic E-state index is 10.5. The van der Waals surface area contributed by atoms with E-state index in [-0.39, 0.29) is 11.7 Å². The number of nitrogens with two attached hydrogens (primary N) is 1. The third-order valence-corrected chi connectivity index (χ3v) is 1.22. The largest absolute Gasteiger partial charge is 0.364 e. The number of carbonyl (C=O) groups is 1. The van der Waals surface area contributed by atoms with E-state index >= 15 is 0 Å². The highest BCUT2D eigenvalue weighted by atomic mass is 16.1.